The third-order valence-electron chi connectivity index (χ3n) is 6.64. The molecule has 5 rings (SSSR count). The van der Waals surface area contributed by atoms with Crippen molar-refractivity contribution in [2.24, 2.45) is 5.92 Å². The van der Waals surface area contributed by atoms with Gasteiger partial charge in [-0.05, 0) is 48.6 Å². The van der Waals surface area contributed by atoms with Crippen LogP contribution >= 0.6 is 0 Å². The molecule has 0 saturated carbocycles. The first-order chi connectivity index (χ1) is 16.5. The number of amides is 1. The predicted molar refractivity (Wildman–Crippen MR) is 128 cm³/mol. The van der Waals surface area contributed by atoms with E-state index in [1.165, 1.54) is 19.1 Å². The van der Waals surface area contributed by atoms with Crippen molar-refractivity contribution in [2.75, 3.05) is 25.1 Å². The molecule has 2 aliphatic rings. The third-order valence-corrected chi connectivity index (χ3v) is 6.64. The van der Waals surface area contributed by atoms with Gasteiger partial charge in [0.2, 0.25) is 5.91 Å². The largest absolute Gasteiger partial charge is 0.381 e. The van der Waals surface area contributed by atoms with Gasteiger partial charge in [-0.1, -0.05) is 12.1 Å². The van der Waals surface area contributed by atoms with Crippen LogP contribution in [0.15, 0.2) is 42.6 Å². The van der Waals surface area contributed by atoms with E-state index in [0.717, 1.165) is 72.7 Å². The van der Waals surface area contributed by atoms with Crippen LogP contribution in [0.4, 0.5) is 10.2 Å². The maximum atomic E-state index is 13.8. The van der Waals surface area contributed by atoms with Gasteiger partial charge in [-0.15, -0.1) is 0 Å². The Balaban J connectivity index is 1.74. The predicted octanol–water partition coefficient (Wildman–Crippen LogP) is 3.88. The quantitative estimate of drug-likeness (QED) is 0.533. The highest BCUT2D eigenvalue weighted by molar-refractivity contribution is 5.90. The number of ether oxygens (including phenoxy) is 1. The summed E-state index contributed by atoms with van der Waals surface area (Å²) in [5.74, 6) is 0.413. The zero-order chi connectivity index (χ0) is 23.7. The number of fused-ring (bicyclic) bond motifs is 1. The molecule has 3 aromatic rings. The number of nitrogens with zero attached hydrogens (tertiary/aromatic N) is 2. The summed E-state index contributed by atoms with van der Waals surface area (Å²) in [6.45, 7) is 4.42. The molecule has 2 aromatic heterocycles. The van der Waals surface area contributed by atoms with Gasteiger partial charge in [-0.3, -0.25) is 10.1 Å². The standard InChI is InChI=1S/C26H29FN4O3/c1-16(32)30-22-14-19(6-10-28-22)25-23(18-2-4-20(27)5-3-18)24-21(7-11-29-26(24)33)31(25)15-17-8-12-34-13-9-17/h2-6,10,14,17,26,29,33H,7-9,11-13,15H2,1H3,(H,28,30,32). The van der Waals surface area contributed by atoms with E-state index in [1.54, 1.807) is 18.3 Å². The number of anilines is 1. The van der Waals surface area contributed by atoms with Crippen molar-refractivity contribution in [1.82, 2.24) is 14.9 Å². The van der Waals surface area contributed by atoms with Crippen LogP contribution in [0.1, 0.15) is 37.3 Å². The van der Waals surface area contributed by atoms with Gasteiger partial charge in [0.15, 0.2) is 0 Å². The highest BCUT2D eigenvalue weighted by Gasteiger charge is 2.32. The van der Waals surface area contributed by atoms with Crippen molar-refractivity contribution in [3.05, 3.63) is 59.7 Å². The van der Waals surface area contributed by atoms with E-state index in [2.05, 4.69) is 20.2 Å². The molecule has 178 valence electrons. The number of aliphatic hydroxyl groups excluding tert-OH is 1. The second-order valence-corrected chi connectivity index (χ2v) is 8.97. The Bertz CT molecular complexity index is 1190. The Labute approximate surface area is 198 Å². The first-order valence-corrected chi connectivity index (χ1v) is 11.8. The van der Waals surface area contributed by atoms with Gasteiger partial charge < -0.3 is 19.7 Å². The van der Waals surface area contributed by atoms with E-state index in [9.17, 15) is 14.3 Å². The lowest BCUT2D eigenvalue weighted by Crippen LogP contribution is -2.31. The van der Waals surface area contributed by atoms with Crippen LogP contribution in [-0.2, 0) is 22.5 Å². The first kappa shape index (κ1) is 22.7. The van der Waals surface area contributed by atoms with Crippen LogP contribution in [0, 0.1) is 11.7 Å². The SMILES string of the molecule is CC(=O)Nc1cc(-c2c(-c3ccc(F)cc3)c3c(n2CC2CCOCC2)CCNC3O)ccn1. The van der Waals surface area contributed by atoms with E-state index >= 15 is 0 Å². The summed E-state index contributed by atoms with van der Waals surface area (Å²) in [5, 5.41) is 17.0. The highest BCUT2D eigenvalue weighted by atomic mass is 19.1. The van der Waals surface area contributed by atoms with Crippen LogP contribution in [0.3, 0.4) is 0 Å². The summed E-state index contributed by atoms with van der Waals surface area (Å²) in [6, 6.07) is 10.2. The number of rotatable bonds is 5. The lowest BCUT2D eigenvalue weighted by atomic mass is 9.94. The number of benzene rings is 1. The summed E-state index contributed by atoms with van der Waals surface area (Å²) in [5.41, 5.74) is 5.45. The van der Waals surface area contributed by atoms with E-state index in [4.69, 9.17) is 4.74 Å². The summed E-state index contributed by atoms with van der Waals surface area (Å²) < 4.78 is 21.7. The van der Waals surface area contributed by atoms with Crippen LogP contribution in [0.25, 0.3) is 22.4 Å². The summed E-state index contributed by atoms with van der Waals surface area (Å²) in [4.78, 5) is 16.0. The number of carbonyl (C=O) groups is 1. The zero-order valence-corrected chi connectivity index (χ0v) is 19.2. The van der Waals surface area contributed by atoms with Gasteiger partial charge in [0.25, 0.3) is 0 Å². The number of hydrogen-bond donors (Lipinski definition) is 3. The molecule has 1 aromatic carbocycles. The fourth-order valence-electron chi connectivity index (χ4n) is 5.10. The number of pyridine rings is 1. The Kier molecular flexibility index (Phi) is 6.45. The topological polar surface area (TPSA) is 88.4 Å². The van der Waals surface area contributed by atoms with Gasteiger partial charge in [-0.25, -0.2) is 9.37 Å². The normalized spacial score (nSPS) is 18.5. The lowest BCUT2D eigenvalue weighted by molar-refractivity contribution is -0.114. The molecule has 8 heteroatoms. The zero-order valence-electron chi connectivity index (χ0n) is 19.2. The van der Waals surface area contributed by atoms with E-state index in [1.807, 2.05) is 12.1 Å². The van der Waals surface area contributed by atoms with E-state index < -0.39 is 6.23 Å². The average molecular weight is 465 g/mol. The van der Waals surface area contributed by atoms with Crippen molar-refractivity contribution >= 4 is 11.7 Å². The number of nitrogens with one attached hydrogen (secondary N) is 2. The average Bonchev–Trinajstić information content (AvgIpc) is 3.15. The van der Waals surface area contributed by atoms with Gasteiger partial charge in [0, 0.05) is 68.2 Å². The molecular formula is C26H29FN4O3. The number of hydrogen-bond acceptors (Lipinski definition) is 5. The molecule has 1 amide bonds. The number of halogens is 1. The molecule has 0 spiro atoms. The molecule has 0 aliphatic carbocycles. The minimum Gasteiger partial charge on any atom is -0.381 e. The summed E-state index contributed by atoms with van der Waals surface area (Å²) in [7, 11) is 0. The minimum atomic E-state index is -0.824. The molecule has 1 unspecified atom stereocenters. The summed E-state index contributed by atoms with van der Waals surface area (Å²) in [6.07, 6.45) is 3.58. The van der Waals surface area contributed by atoms with Crippen LogP contribution in [0.2, 0.25) is 0 Å². The molecule has 0 bridgehead atoms. The molecule has 1 fully saturated rings. The Morgan fingerprint density at radius 3 is 2.74 bits per heavy atom. The first-order valence-electron chi connectivity index (χ1n) is 11.8. The maximum Gasteiger partial charge on any atom is 0.222 e. The van der Waals surface area contributed by atoms with Gasteiger partial charge in [0.1, 0.15) is 17.9 Å². The van der Waals surface area contributed by atoms with Gasteiger partial charge >= 0.3 is 0 Å². The monoisotopic (exact) mass is 464 g/mol. The molecule has 7 nitrogen and oxygen atoms in total. The van der Waals surface area contributed by atoms with Crippen molar-refractivity contribution in [3.8, 4) is 22.4 Å². The smallest absolute Gasteiger partial charge is 0.222 e. The molecule has 2 aliphatic heterocycles. The second kappa shape index (κ2) is 9.66. The Morgan fingerprint density at radius 1 is 1.24 bits per heavy atom. The second-order valence-electron chi connectivity index (χ2n) is 8.97. The lowest BCUT2D eigenvalue weighted by Gasteiger charge is -2.27. The van der Waals surface area contributed by atoms with E-state index in [-0.39, 0.29) is 11.7 Å². The number of carbonyl (C=O) groups excluding carboxylic acids is 1. The third kappa shape index (κ3) is 4.49. The summed E-state index contributed by atoms with van der Waals surface area (Å²) >= 11 is 0. The fraction of sp³-hybridized carbons (Fsp3) is 0.385. The van der Waals surface area contributed by atoms with Crippen molar-refractivity contribution in [3.63, 3.8) is 0 Å². The fourth-order valence-corrected chi connectivity index (χ4v) is 5.10. The molecular weight excluding hydrogens is 435 g/mol. The molecule has 34 heavy (non-hydrogen) atoms. The van der Waals surface area contributed by atoms with Gasteiger partial charge in [-0.2, -0.15) is 0 Å². The highest BCUT2D eigenvalue weighted by Crippen LogP contribution is 2.44. The molecule has 3 N–H and O–H groups in total. The van der Waals surface area contributed by atoms with Gasteiger partial charge in [0.05, 0.1) is 5.69 Å². The maximum absolute atomic E-state index is 13.8. The molecule has 1 atom stereocenters. The van der Waals surface area contributed by atoms with Crippen LogP contribution in [-0.4, -0.2) is 40.3 Å². The van der Waals surface area contributed by atoms with Crippen LogP contribution in [0.5, 0.6) is 0 Å². The van der Waals surface area contributed by atoms with Crippen molar-refractivity contribution in [1.29, 1.82) is 0 Å². The van der Waals surface area contributed by atoms with Crippen LogP contribution < -0.4 is 10.6 Å². The molecule has 4 heterocycles. The molecule has 0 radical (unpaired) electrons. The Hall–Kier alpha value is -3.07. The minimum absolute atomic E-state index is 0.195. The molecule has 1 saturated heterocycles. The van der Waals surface area contributed by atoms with Crippen molar-refractivity contribution in [2.45, 2.75) is 39.0 Å². The van der Waals surface area contributed by atoms with E-state index in [0.29, 0.717) is 18.3 Å². The number of aromatic nitrogens is 2. The Morgan fingerprint density at radius 2 is 2.00 bits per heavy atom. The number of aliphatic hydroxyl groups is 1. The van der Waals surface area contributed by atoms with Crippen molar-refractivity contribution < 1.29 is 19.0 Å².